The Morgan fingerprint density at radius 2 is 1.96 bits per heavy atom. The summed E-state index contributed by atoms with van der Waals surface area (Å²) in [5.41, 5.74) is 2.16. The van der Waals surface area contributed by atoms with Crippen LogP contribution >= 0.6 is 12.4 Å². The third-order valence-electron chi connectivity index (χ3n) is 3.59. The maximum Gasteiger partial charge on any atom is 0.231 e. The van der Waals surface area contributed by atoms with Gasteiger partial charge in [0.05, 0.1) is 16.8 Å². The van der Waals surface area contributed by atoms with Crippen molar-refractivity contribution in [2.24, 2.45) is 0 Å². The van der Waals surface area contributed by atoms with Crippen LogP contribution in [0.15, 0.2) is 42.6 Å². The zero-order valence-corrected chi connectivity index (χ0v) is 13.1. The van der Waals surface area contributed by atoms with Crippen molar-refractivity contribution in [1.29, 1.82) is 5.26 Å². The second-order valence-electron chi connectivity index (χ2n) is 5.01. The summed E-state index contributed by atoms with van der Waals surface area (Å²) in [6, 6.07) is 11.7. The SMILES string of the molecule is Cl.N#Cc1cnc2ccc(F)cc2c1Nc1ccc2c(c1)OCO2. The van der Waals surface area contributed by atoms with E-state index in [1.54, 1.807) is 24.3 Å². The van der Waals surface area contributed by atoms with Crippen LogP contribution in [0.1, 0.15) is 5.56 Å². The Labute approximate surface area is 143 Å². The van der Waals surface area contributed by atoms with Gasteiger partial charge in [-0.05, 0) is 30.3 Å². The van der Waals surface area contributed by atoms with Gasteiger partial charge in [-0.15, -0.1) is 12.4 Å². The molecular formula is C17H11ClFN3O2. The van der Waals surface area contributed by atoms with Gasteiger partial charge in [0.25, 0.3) is 0 Å². The highest BCUT2D eigenvalue weighted by Crippen LogP contribution is 2.36. The van der Waals surface area contributed by atoms with Crippen LogP contribution in [0.4, 0.5) is 15.8 Å². The van der Waals surface area contributed by atoms with Gasteiger partial charge in [0.2, 0.25) is 6.79 Å². The van der Waals surface area contributed by atoms with E-state index in [9.17, 15) is 9.65 Å². The summed E-state index contributed by atoms with van der Waals surface area (Å²) >= 11 is 0. The lowest BCUT2D eigenvalue weighted by atomic mass is 10.1. The average Bonchev–Trinajstić information content (AvgIpc) is 3.03. The molecule has 1 aliphatic rings. The third-order valence-corrected chi connectivity index (χ3v) is 3.59. The van der Waals surface area contributed by atoms with E-state index < -0.39 is 0 Å². The molecule has 4 rings (SSSR count). The molecule has 1 aliphatic heterocycles. The van der Waals surface area contributed by atoms with Crippen LogP contribution in [0.25, 0.3) is 10.9 Å². The molecule has 120 valence electrons. The predicted octanol–water partition coefficient (Wildman–Crippen LogP) is 4.14. The number of aromatic nitrogens is 1. The molecule has 0 radical (unpaired) electrons. The number of hydrogen-bond acceptors (Lipinski definition) is 5. The quantitative estimate of drug-likeness (QED) is 0.757. The number of rotatable bonds is 2. The van der Waals surface area contributed by atoms with Gasteiger partial charge >= 0.3 is 0 Å². The summed E-state index contributed by atoms with van der Waals surface area (Å²) in [4.78, 5) is 4.18. The fourth-order valence-electron chi connectivity index (χ4n) is 2.50. The molecule has 0 aliphatic carbocycles. The Hall–Kier alpha value is -3.04. The molecule has 5 nitrogen and oxygen atoms in total. The van der Waals surface area contributed by atoms with E-state index in [0.717, 1.165) is 0 Å². The molecule has 0 unspecified atom stereocenters. The highest BCUT2D eigenvalue weighted by molar-refractivity contribution is 5.95. The second kappa shape index (κ2) is 6.22. The van der Waals surface area contributed by atoms with Gasteiger partial charge in [0.15, 0.2) is 11.5 Å². The van der Waals surface area contributed by atoms with Crippen molar-refractivity contribution in [3.8, 4) is 17.6 Å². The first-order chi connectivity index (χ1) is 11.2. The summed E-state index contributed by atoms with van der Waals surface area (Å²) in [6.45, 7) is 0.186. The van der Waals surface area contributed by atoms with E-state index in [2.05, 4.69) is 16.4 Å². The first kappa shape index (κ1) is 15.8. The molecule has 0 amide bonds. The number of fused-ring (bicyclic) bond motifs is 2. The van der Waals surface area contributed by atoms with Gasteiger partial charge in [0, 0.05) is 23.3 Å². The van der Waals surface area contributed by atoms with Crippen molar-refractivity contribution in [3.63, 3.8) is 0 Å². The fourth-order valence-corrected chi connectivity index (χ4v) is 2.50. The number of hydrogen-bond donors (Lipinski definition) is 1. The Balaban J connectivity index is 0.00000169. The van der Waals surface area contributed by atoms with E-state index in [-0.39, 0.29) is 25.0 Å². The van der Waals surface area contributed by atoms with Gasteiger partial charge in [-0.3, -0.25) is 4.98 Å². The molecule has 2 heterocycles. The molecular weight excluding hydrogens is 333 g/mol. The summed E-state index contributed by atoms with van der Waals surface area (Å²) in [7, 11) is 0. The number of anilines is 2. The van der Waals surface area contributed by atoms with Crippen molar-refractivity contribution in [2.45, 2.75) is 0 Å². The lowest BCUT2D eigenvalue weighted by molar-refractivity contribution is 0.174. The molecule has 0 spiro atoms. The first-order valence-electron chi connectivity index (χ1n) is 6.89. The van der Waals surface area contributed by atoms with Crippen LogP contribution in [-0.4, -0.2) is 11.8 Å². The molecule has 0 fully saturated rings. The molecule has 1 N–H and O–H groups in total. The molecule has 0 saturated carbocycles. The Morgan fingerprint density at radius 3 is 2.79 bits per heavy atom. The van der Waals surface area contributed by atoms with Crippen molar-refractivity contribution in [2.75, 3.05) is 12.1 Å². The molecule has 2 aromatic carbocycles. The largest absolute Gasteiger partial charge is 0.454 e. The normalized spacial score (nSPS) is 11.7. The van der Waals surface area contributed by atoms with Crippen molar-refractivity contribution in [3.05, 3.63) is 54.0 Å². The monoisotopic (exact) mass is 343 g/mol. The summed E-state index contributed by atoms with van der Waals surface area (Å²) < 4.78 is 24.2. The number of nitrogens with one attached hydrogen (secondary N) is 1. The minimum atomic E-state index is -0.386. The highest BCUT2D eigenvalue weighted by Gasteiger charge is 2.15. The van der Waals surface area contributed by atoms with E-state index in [1.165, 1.54) is 18.3 Å². The predicted molar refractivity (Wildman–Crippen MR) is 89.5 cm³/mol. The first-order valence-corrected chi connectivity index (χ1v) is 6.89. The minimum absolute atomic E-state index is 0. The van der Waals surface area contributed by atoms with Gasteiger partial charge < -0.3 is 14.8 Å². The standard InChI is InChI=1S/C17H10FN3O2.ClH/c18-11-1-3-14-13(5-11)17(10(7-19)8-20-14)21-12-2-4-15-16(6-12)23-9-22-15;/h1-6,8H,9H2,(H,20,21);1H. The lowest BCUT2D eigenvalue weighted by Crippen LogP contribution is -1.97. The van der Waals surface area contributed by atoms with Crippen LogP contribution in [0.3, 0.4) is 0 Å². The van der Waals surface area contributed by atoms with Crippen LogP contribution in [0.5, 0.6) is 11.5 Å². The molecule has 3 aromatic rings. The number of pyridine rings is 1. The van der Waals surface area contributed by atoms with E-state index >= 15 is 0 Å². The van der Waals surface area contributed by atoms with Crippen molar-refractivity contribution < 1.29 is 13.9 Å². The highest BCUT2D eigenvalue weighted by atomic mass is 35.5. The Morgan fingerprint density at radius 1 is 1.12 bits per heavy atom. The topological polar surface area (TPSA) is 67.2 Å². The number of benzene rings is 2. The zero-order chi connectivity index (χ0) is 15.8. The van der Waals surface area contributed by atoms with Gasteiger partial charge in [-0.25, -0.2) is 4.39 Å². The zero-order valence-electron chi connectivity index (χ0n) is 12.2. The summed E-state index contributed by atoms with van der Waals surface area (Å²) in [6.07, 6.45) is 1.47. The Bertz CT molecular complexity index is 972. The maximum atomic E-state index is 13.6. The molecule has 0 bridgehead atoms. The number of halogens is 2. The van der Waals surface area contributed by atoms with Gasteiger partial charge in [-0.1, -0.05) is 0 Å². The average molecular weight is 344 g/mol. The van der Waals surface area contributed by atoms with E-state index in [4.69, 9.17) is 9.47 Å². The molecule has 0 saturated heterocycles. The Kier molecular flexibility index (Phi) is 4.11. The molecule has 1 aromatic heterocycles. The van der Waals surface area contributed by atoms with Crippen molar-refractivity contribution >= 4 is 34.7 Å². The lowest BCUT2D eigenvalue weighted by Gasteiger charge is -2.12. The van der Waals surface area contributed by atoms with Crippen LogP contribution in [-0.2, 0) is 0 Å². The fraction of sp³-hybridized carbons (Fsp3) is 0.0588. The smallest absolute Gasteiger partial charge is 0.231 e. The number of ether oxygens (including phenoxy) is 2. The molecule has 24 heavy (non-hydrogen) atoms. The van der Waals surface area contributed by atoms with Gasteiger partial charge in [-0.2, -0.15) is 5.26 Å². The third kappa shape index (κ3) is 2.66. The number of nitriles is 1. The van der Waals surface area contributed by atoms with Crippen LogP contribution < -0.4 is 14.8 Å². The number of nitrogens with zero attached hydrogens (tertiary/aromatic N) is 2. The summed E-state index contributed by atoms with van der Waals surface area (Å²) in [5, 5.41) is 13.0. The van der Waals surface area contributed by atoms with Gasteiger partial charge in [0.1, 0.15) is 11.9 Å². The second-order valence-corrected chi connectivity index (χ2v) is 5.01. The van der Waals surface area contributed by atoms with E-state index in [0.29, 0.717) is 39.3 Å². The maximum absolute atomic E-state index is 13.6. The van der Waals surface area contributed by atoms with Crippen molar-refractivity contribution in [1.82, 2.24) is 4.98 Å². The minimum Gasteiger partial charge on any atom is -0.454 e. The molecule has 7 heteroatoms. The van der Waals surface area contributed by atoms with Crippen LogP contribution in [0, 0.1) is 17.1 Å². The molecule has 0 atom stereocenters. The summed E-state index contributed by atoms with van der Waals surface area (Å²) in [5.74, 6) is 0.905. The van der Waals surface area contributed by atoms with Crippen LogP contribution in [0.2, 0.25) is 0 Å². The van der Waals surface area contributed by atoms with E-state index in [1.807, 2.05) is 0 Å².